The molecule has 0 aliphatic rings. The summed E-state index contributed by atoms with van der Waals surface area (Å²) in [6.45, 7) is 4.50. The van der Waals surface area contributed by atoms with Crippen LogP contribution in [0.4, 0.5) is 4.39 Å². The van der Waals surface area contributed by atoms with Gasteiger partial charge in [-0.1, -0.05) is 19.1 Å². The molecule has 0 aliphatic carbocycles. The Bertz CT molecular complexity index is 641. The third-order valence-electron chi connectivity index (χ3n) is 3.50. The first-order valence-electron chi connectivity index (χ1n) is 8.00. The molecule has 4 nitrogen and oxygen atoms in total. The number of halogens is 1. The molecule has 0 bridgehead atoms. The first kappa shape index (κ1) is 17.8. The maximum Gasteiger partial charge on any atom is 0.260 e. The van der Waals surface area contributed by atoms with Crippen LogP contribution in [-0.2, 0) is 11.2 Å². The molecule has 24 heavy (non-hydrogen) atoms. The normalized spacial score (nSPS) is 11.6. The molecule has 0 saturated heterocycles. The van der Waals surface area contributed by atoms with E-state index in [4.69, 9.17) is 9.47 Å². The zero-order chi connectivity index (χ0) is 17.4. The molecule has 0 aromatic heterocycles. The maximum atomic E-state index is 12.8. The minimum atomic E-state index is -0.667. The molecule has 0 unspecified atom stereocenters. The van der Waals surface area contributed by atoms with E-state index in [0.717, 1.165) is 12.2 Å². The summed E-state index contributed by atoms with van der Waals surface area (Å²) in [6, 6.07) is 13.4. The first-order valence-corrected chi connectivity index (χ1v) is 8.00. The third-order valence-corrected chi connectivity index (χ3v) is 3.50. The summed E-state index contributed by atoms with van der Waals surface area (Å²) in [5.41, 5.74) is 1.25. The van der Waals surface area contributed by atoms with Gasteiger partial charge in [-0.2, -0.15) is 0 Å². The fourth-order valence-electron chi connectivity index (χ4n) is 2.08. The predicted molar refractivity (Wildman–Crippen MR) is 90.8 cm³/mol. The Labute approximate surface area is 141 Å². The van der Waals surface area contributed by atoms with Crippen LogP contribution in [-0.4, -0.2) is 25.2 Å². The Morgan fingerprint density at radius 3 is 2.33 bits per heavy atom. The molecule has 1 amide bonds. The second-order valence-electron chi connectivity index (χ2n) is 5.35. The Morgan fingerprint density at radius 2 is 1.71 bits per heavy atom. The van der Waals surface area contributed by atoms with Crippen LogP contribution >= 0.6 is 0 Å². The van der Waals surface area contributed by atoms with Gasteiger partial charge < -0.3 is 14.8 Å². The van der Waals surface area contributed by atoms with Gasteiger partial charge in [0.2, 0.25) is 0 Å². The van der Waals surface area contributed by atoms with Gasteiger partial charge in [-0.05, 0) is 55.3 Å². The number of amides is 1. The van der Waals surface area contributed by atoms with Crippen LogP contribution in [0, 0.1) is 5.82 Å². The van der Waals surface area contributed by atoms with E-state index >= 15 is 0 Å². The van der Waals surface area contributed by atoms with Gasteiger partial charge in [0.1, 0.15) is 23.9 Å². The minimum Gasteiger partial charge on any atom is -0.492 e. The number of carbonyl (C=O) groups excluding carboxylic acids is 1. The van der Waals surface area contributed by atoms with E-state index < -0.39 is 6.10 Å². The van der Waals surface area contributed by atoms with Gasteiger partial charge in [0.25, 0.3) is 5.91 Å². The lowest BCUT2D eigenvalue weighted by Gasteiger charge is -2.15. The summed E-state index contributed by atoms with van der Waals surface area (Å²) in [5.74, 6) is 0.635. The predicted octanol–water partition coefficient (Wildman–Crippen LogP) is 3.35. The zero-order valence-electron chi connectivity index (χ0n) is 13.9. The number of carbonyl (C=O) groups is 1. The third kappa shape index (κ3) is 5.57. The monoisotopic (exact) mass is 331 g/mol. The molecule has 2 aromatic carbocycles. The largest absolute Gasteiger partial charge is 0.492 e. The second kappa shape index (κ2) is 8.91. The fraction of sp³-hybridized carbons (Fsp3) is 0.316. The van der Waals surface area contributed by atoms with Crippen molar-refractivity contribution < 1.29 is 18.7 Å². The number of rotatable bonds is 8. The first-order chi connectivity index (χ1) is 11.6. The van der Waals surface area contributed by atoms with Gasteiger partial charge in [-0.15, -0.1) is 0 Å². The molecule has 0 fully saturated rings. The lowest BCUT2D eigenvalue weighted by Crippen LogP contribution is -2.38. The highest BCUT2D eigenvalue weighted by Crippen LogP contribution is 2.13. The highest BCUT2D eigenvalue weighted by atomic mass is 19.1. The molecule has 0 spiro atoms. The molecular weight excluding hydrogens is 309 g/mol. The highest BCUT2D eigenvalue weighted by Gasteiger charge is 2.14. The van der Waals surface area contributed by atoms with Gasteiger partial charge in [0.05, 0.1) is 6.54 Å². The average Bonchev–Trinajstić information content (AvgIpc) is 2.61. The van der Waals surface area contributed by atoms with E-state index in [1.54, 1.807) is 6.92 Å². The maximum absolute atomic E-state index is 12.8. The summed E-state index contributed by atoms with van der Waals surface area (Å²) in [4.78, 5) is 11.9. The van der Waals surface area contributed by atoms with Crippen molar-refractivity contribution in [3.05, 3.63) is 59.9 Å². The van der Waals surface area contributed by atoms with E-state index in [2.05, 4.69) is 12.2 Å². The lowest BCUT2D eigenvalue weighted by molar-refractivity contribution is -0.127. The average molecular weight is 331 g/mol. The molecule has 128 valence electrons. The van der Waals surface area contributed by atoms with Crippen molar-refractivity contribution in [1.82, 2.24) is 5.32 Å². The van der Waals surface area contributed by atoms with Crippen LogP contribution in [0.25, 0.3) is 0 Å². The quantitative estimate of drug-likeness (QED) is 0.755. The Morgan fingerprint density at radius 1 is 1.08 bits per heavy atom. The summed E-state index contributed by atoms with van der Waals surface area (Å²) in [6.07, 6.45) is 0.321. The molecule has 1 N–H and O–H groups in total. The lowest BCUT2D eigenvalue weighted by atomic mass is 10.2. The summed E-state index contributed by atoms with van der Waals surface area (Å²) >= 11 is 0. The molecular formula is C19H22FNO3. The Balaban J connectivity index is 1.69. The van der Waals surface area contributed by atoms with E-state index in [9.17, 15) is 9.18 Å². The van der Waals surface area contributed by atoms with Gasteiger partial charge in [-0.3, -0.25) is 4.79 Å². The van der Waals surface area contributed by atoms with Gasteiger partial charge in [-0.25, -0.2) is 4.39 Å². The minimum absolute atomic E-state index is 0.246. The molecule has 0 radical (unpaired) electrons. The fourth-order valence-corrected chi connectivity index (χ4v) is 2.08. The van der Waals surface area contributed by atoms with Gasteiger partial charge in [0.15, 0.2) is 6.10 Å². The van der Waals surface area contributed by atoms with E-state index in [-0.39, 0.29) is 11.7 Å². The molecule has 0 heterocycles. The van der Waals surface area contributed by atoms with Crippen LogP contribution in [0.15, 0.2) is 48.5 Å². The Kier molecular flexibility index (Phi) is 6.61. The van der Waals surface area contributed by atoms with Crippen LogP contribution in [0.3, 0.4) is 0 Å². The topological polar surface area (TPSA) is 47.6 Å². The van der Waals surface area contributed by atoms with E-state index in [1.165, 1.54) is 29.8 Å². The molecule has 0 aliphatic heterocycles. The zero-order valence-corrected chi connectivity index (χ0v) is 13.9. The van der Waals surface area contributed by atoms with Crippen molar-refractivity contribution in [2.45, 2.75) is 26.4 Å². The second-order valence-corrected chi connectivity index (χ2v) is 5.35. The smallest absolute Gasteiger partial charge is 0.260 e. The van der Waals surface area contributed by atoms with E-state index in [0.29, 0.717) is 18.9 Å². The summed E-state index contributed by atoms with van der Waals surface area (Å²) in [5, 5.41) is 2.74. The number of nitrogens with one attached hydrogen (secondary N) is 1. The Hall–Kier alpha value is -2.56. The molecule has 2 aromatic rings. The standard InChI is InChI=1S/C19H22FNO3/c1-3-15-4-8-17(9-5-15)23-13-12-21-19(22)14(2)24-18-10-6-16(20)7-11-18/h4-11,14H,3,12-13H2,1-2H3,(H,21,22)/t14-/m1/s1. The van der Waals surface area contributed by atoms with Crippen molar-refractivity contribution in [3.63, 3.8) is 0 Å². The van der Waals surface area contributed by atoms with Crippen molar-refractivity contribution >= 4 is 5.91 Å². The van der Waals surface area contributed by atoms with E-state index in [1.807, 2.05) is 24.3 Å². The van der Waals surface area contributed by atoms with Crippen LogP contribution in [0.1, 0.15) is 19.4 Å². The number of aryl methyl sites for hydroxylation is 1. The van der Waals surface area contributed by atoms with Crippen molar-refractivity contribution in [1.29, 1.82) is 0 Å². The van der Waals surface area contributed by atoms with Crippen LogP contribution < -0.4 is 14.8 Å². The summed E-state index contributed by atoms with van der Waals surface area (Å²) < 4.78 is 23.8. The summed E-state index contributed by atoms with van der Waals surface area (Å²) in [7, 11) is 0. The number of benzene rings is 2. The molecule has 2 rings (SSSR count). The van der Waals surface area contributed by atoms with Crippen molar-refractivity contribution in [2.24, 2.45) is 0 Å². The molecule has 5 heteroatoms. The van der Waals surface area contributed by atoms with Gasteiger partial charge >= 0.3 is 0 Å². The van der Waals surface area contributed by atoms with Crippen molar-refractivity contribution in [2.75, 3.05) is 13.2 Å². The van der Waals surface area contributed by atoms with Crippen molar-refractivity contribution in [3.8, 4) is 11.5 Å². The van der Waals surface area contributed by atoms with Crippen LogP contribution in [0.5, 0.6) is 11.5 Å². The number of ether oxygens (including phenoxy) is 2. The van der Waals surface area contributed by atoms with Crippen LogP contribution in [0.2, 0.25) is 0 Å². The SMILES string of the molecule is CCc1ccc(OCCNC(=O)[C@@H](C)Oc2ccc(F)cc2)cc1. The molecule has 0 saturated carbocycles. The number of hydrogen-bond donors (Lipinski definition) is 1. The van der Waals surface area contributed by atoms with Gasteiger partial charge in [0, 0.05) is 0 Å². The molecule has 1 atom stereocenters. The highest BCUT2D eigenvalue weighted by molar-refractivity contribution is 5.80. The number of hydrogen-bond acceptors (Lipinski definition) is 3.